The molecular formula is C16H26N2. The van der Waals surface area contributed by atoms with E-state index in [2.05, 4.69) is 36.5 Å². The first-order chi connectivity index (χ1) is 8.81. The van der Waals surface area contributed by atoms with Crippen molar-refractivity contribution in [3.05, 3.63) is 35.4 Å². The van der Waals surface area contributed by atoms with Gasteiger partial charge in [-0.2, -0.15) is 0 Å². The van der Waals surface area contributed by atoms with Crippen molar-refractivity contribution in [3.8, 4) is 0 Å². The van der Waals surface area contributed by atoms with Crippen molar-refractivity contribution >= 4 is 0 Å². The molecule has 0 aliphatic heterocycles. The van der Waals surface area contributed by atoms with Crippen molar-refractivity contribution in [2.24, 2.45) is 5.73 Å². The number of benzene rings is 1. The number of hydrogen-bond donors (Lipinski definition) is 2. The molecule has 0 spiro atoms. The molecule has 1 aliphatic rings. The van der Waals surface area contributed by atoms with E-state index < -0.39 is 0 Å². The van der Waals surface area contributed by atoms with Crippen LogP contribution in [-0.4, -0.2) is 12.6 Å². The lowest BCUT2D eigenvalue weighted by Gasteiger charge is -2.25. The topological polar surface area (TPSA) is 38.0 Å². The highest BCUT2D eigenvalue weighted by Gasteiger charge is 2.18. The summed E-state index contributed by atoms with van der Waals surface area (Å²) in [4.78, 5) is 0. The highest BCUT2D eigenvalue weighted by atomic mass is 15.0. The molecule has 1 aromatic carbocycles. The van der Waals surface area contributed by atoms with Crippen molar-refractivity contribution in [3.63, 3.8) is 0 Å². The van der Waals surface area contributed by atoms with Crippen LogP contribution in [0.4, 0.5) is 0 Å². The van der Waals surface area contributed by atoms with Gasteiger partial charge in [0.2, 0.25) is 0 Å². The van der Waals surface area contributed by atoms with Crippen LogP contribution in [0.3, 0.4) is 0 Å². The molecular weight excluding hydrogens is 220 g/mol. The molecule has 1 atom stereocenters. The van der Waals surface area contributed by atoms with Gasteiger partial charge in [-0.1, -0.05) is 49.9 Å². The van der Waals surface area contributed by atoms with Gasteiger partial charge in [0.15, 0.2) is 0 Å². The summed E-state index contributed by atoms with van der Waals surface area (Å²) in [5, 5.41) is 3.78. The maximum absolute atomic E-state index is 5.97. The Morgan fingerprint density at radius 1 is 1.17 bits per heavy atom. The van der Waals surface area contributed by atoms with Crippen LogP contribution in [0, 0.1) is 6.92 Å². The largest absolute Gasteiger partial charge is 0.329 e. The summed E-state index contributed by atoms with van der Waals surface area (Å²) in [7, 11) is 0. The van der Waals surface area contributed by atoms with E-state index in [0.717, 1.165) is 0 Å². The van der Waals surface area contributed by atoms with Crippen LogP contribution in [0.5, 0.6) is 0 Å². The third kappa shape index (κ3) is 3.56. The van der Waals surface area contributed by atoms with Crippen molar-refractivity contribution < 1.29 is 0 Å². The summed E-state index contributed by atoms with van der Waals surface area (Å²) in [6, 6.07) is 9.55. The zero-order valence-corrected chi connectivity index (χ0v) is 11.5. The molecule has 1 aliphatic carbocycles. The normalized spacial score (nSPS) is 19.4. The Hall–Kier alpha value is -0.860. The van der Waals surface area contributed by atoms with Gasteiger partial charge in [-0.15, -0.1) is 0 Å². The minimum Gasteiger partial charge on any atom is -0.329 e. The van der Waals surface area contributed by atoms with E-state index in [-0.39, 0.29) is 0 Å². The third-order valence-corrected chi connectivity index (χ3v) is 4.09. The minimum absolute atomic E-state index is 0.314. The van der Waals surface area contributed by atoms with Crippen LogP contribution in [0.1, 0.15) is 55.7 Å². The molecule has 0 radical (unpaired) electrons. The van der Waals surface area contributed by atoms with Crippen LogP contribution >= 0.6 is 0 Å². The second kappa shape index (κ2) is 6.91. The SMILES string of the molecule is Cc1ccccc1C(CN)NC1CCCCCC1. The van der Waals surface area contributed by atoms with Crippen LogP contribution in [0.25, 0.3) is 0 Å². The van der Waals surface area contributed by atoms with Gasteiger partial charge >= 0.3 is 0 Å². The Morgan fingerprint density at radius 2 is 1.83 bits per heavy atom. The number of rotatable bonds is 4. The van der Waals surface area contributed by atoms with Gasteiger partial charge in [0.05, 0.1) is 0 Å². The van der Waals surface area contributed by atoms with Crippen molar-refractivity contribution in [2.45, 2.75) is 57.5 Å². The summed E-state index contributed by atoms with van der Waals surface area (Å²) in [6.45, 7) is 2.86. The number of nitrogens with two attached hydrogens (primary N) is 1. The highest BCUT2D eigenvalue weighted by Crippen LogP contribution is 2.22. The lowest BCUT2D eigenvalue weighted by molar-refractivity contribution is 0.401. The molecule has 0 amide bonds. The van der Waals surface area contributed by atoms with Gasteiger partial charge in [0.1, 0.15) is 0 Å². The summed E-state index contributed by atoms with van der Waals surface area (Å²) < 4.78 is 0. The van der Waals surface area contributed by atoms with E-state index in [4.69, 9.17) is 5.73 Å². The number of aryl methyl sites for hydroxylation is 1. The molecule has 0 heterocycles. The first kappa shape index (κ1) is 13.6. The smallest absolute Gasteiger partial charge is 0.0449 e. The maximum atomic E-state index is 5.97. The molecule has 18 heavy (non-hydrogen) atoms. The molecule has 0 aromatic heterocycles. The standard InChI is InChI=1S/C16H26N2/c1-13-8-6-7-11-15(13)16(12-17)18-14-9-4-2-3-5-10-14/h6-8,11,14,16,18H,2-5,9-10,12,17H2,1H3. The summed E-state index contributed by atoms with van der Waals surface area (Å²) in [5.74, 6) is 0. The summed E-state index contributed by atoms with van der Waals surface area (Å²) >= 11 is 0. The predicted molar refractivity (Wildman–Crippen MR) is 77.6 cm³/mol. The van der Waals surface area contributed by atoms with E-state index in [1.165, 1.54) is 49.7 Å². The van der Waals surface area contributed by atoms with E-state index >= 15 is 0 Å². The Balaban J connectivity index is 2.02. The molecule has 2 rings (SSSR count). The number of hydrogen-bond acceptors (Lipinski definition) is 2. The van der Waals surface area contributed by atoms with Gasteiger partial charge in [-0.3, -0.25) is 0 Å². The second-order valence-electron chi connectivity index (χ2n) is 5.50. The van der Waals surface area contributed by atoms with Gasteiger partial charge in [0.25, 0.3) is 0 Å². The van der Waals surface area contributed by atoms with Crippen molar-refractivity contribution in [1.29, 1.82) is 0 Å². The van der Waals surface area contributed by atoms with Gasteiger partial charge in [-0.25, -0.2) is 0 Å². The maximum Gasteiger partial charge on any atom is 0.0449 e. The van der Waals surface area contributed by atoms with Crippen molar-refractivity contribution in [1.82, 2.24) is 5.32 Å². The molecule has 1 saturated carbocycles. The molecule has 1 unspecified atom stereocenters. The highest BCUT2D eigenvalue weighted by molar-refractivity contribution is 5.29. The Kier molecular flexibility index (Phi) is 5.21. The second-order valence-corrected chi connectivity index (χ2v) is 5.50. The monoisotopic (exact) mass is 246 g/mol. The molecule has 2 nitrogen and oxygen atoms in total. The van der Waals surface area contributed by atoms with Crippen LogP contribution in [0.15, 0.2) is 24.3 Å². The van der Waals surface area contributed by atoms with Gasteiger partial charge in [0, 0.05) is 18.6 Å². The van der Waals surface area contributed by atoms with Gasteiger partial charge in [-0.05, 0) is 30.9 Å². The zero-order chi connectivity index (χ0) is 12.8. The molecule has 0 saturated heterocycles. The quantitative estimate of drug-likeness (QED) is 0.800. The average molecular weight is 246 g/mol. The van der Waals surface area contributed by atoms with Gasteiger partial charge < -0.3 is 11.1 Å². The van der Waals surface area contributed by atoms with E-state index in [1.807, 2.05) is 0 Å². The fourth-order valence-corrected chi connectivity index (χ4v) is 2.99. The molecule has 3 N–H and O–H groups in total. The molecule has 2 heteroatoms. The predicted octanol–water partition coefficient (Wildman–Crippen LogP) is 3.31. The number of nitrogens with one attached hydrogen (secondary N) is 1. The van der Waals surface area contributed by atoms with Crippen LogP contribution < -0.4 is 11.1 Å². The van der Waals surface area contributed by atoms with Crippen LogP contribution in [-0.2, 0) is 0 Å². The fourth-order valence-electron chi connectivity index (χ4n) is 2.99. The van der Waals surface area contributed by atoms with Crippen molar-refractivity contribution in [2.75, 3.05) is 6.54 Å². The van der Waals surface area contributed by atoms with E-state index in [9.17, 15) is 0 Å². The lowest BCUT2D eigenvalue weighted by atomic mass is 9.99. The fraction of sp³-hybridized carbons (Fsp3) is 0.625. The molecule has 0 bridgehead atoms. The molecule has 100 valence electrons. The van der Waals surface area contributed by atoms with E-state index in [1.54, 1.807) is 0 Å². The average Bonchev–Trinajstić information content (AvgIpc) is 2.65. The third-order valence-electron chi connectivity index (χ3n) is 4.09. The first-order valence-electron chi connectivity index (χ1n) is 7.33. The van der Waals surface area contributed by atoms with E-state index in [0.29, 0.717) is 18.6 Å². The summed E-state index contributed by atoms with van der Waals surface area (Å²) in [5.41, 5.74) is 8.67. The lowest BCUT2D eigenvalue weighted by Crippen LogP contribution is -2.36. The Morgan fingerprint density at radius 3 is 2.44 bits per heavy atom. The first-order valence-corrected chi connectivity index (χ1v) is 7.33. The molecule has 1 aromatic rings. The molecule has 1 fully saturated rings. The van der Waals surface area contributed by atoms with Crippen LogP contribution in [0.2, 0.25) is 0 Å². The minimum atomic E-state index is 0.314. The Labute approximate surface area is 111 Å². The Bertz CT molecular complexity index is 354. The summed E-state index contributed by atoms with van der Waals surface area (Å²) in [6.07, 6.45) is 8.14. The zero-order valence-electron chi connectivity index (χ0n) is 11.5.